The Morgan fingerprint density at radius 1 is 1.20 bits per heavy atom. The average Bonchev–Trinajstić information content (AvgIpc) is 3.20. The minimum Gasteiger partial charge on any atom is -0.479 e. The molecule has 1 unspecified atom stereocenters. The molecular weight excluding hydrogens is 385 g/mol. The molecule has 0 aliphatic carbocycles. The highest BCUT2D eigenvalue weighted by Gasteiger charge is 2.18. The van der Waals surface area contributed by atoms with Gasteiger partial charge in [0.1, 0.15) is 17.2 Å². The molecule has 0 aliphatic rings. The van der Waals surface area contributed by atoms with Gasteiger partial charge in [-0.15, -0.1) is 0 Å². The Labute approximate surface area is 172 Å². The molecule has 4 aromatic rings. The fraction of sp³-hybridized carbons (Fsp3) is 0.136. The summed E-state index contributed by atoms with van der Waals surface area (Å²) in [6.45, 7) is 1.82. The molecule has 0 bridgehead atoms. The number of ether oxygens (including phenoxy) is 1. The number of nitrogens with one attached hydrogen (secondary N) is 2. The van der Waals surface area contributed by atoms with Gasteiger partial charge in [0, 0.05) is 18.8 Å². The number of fused-ring (bicyclic) bond motifs is 1. The van der Waals surface area contributed by atoms with Crippen LogP contribution >= 0.6 is 0 Å². The lowest BCUT2D eigenvalue weighted by atomic mass is 10.1. The number of hydrogen-bond donors (Lipinski definition) is 3. The van der Waals surface area contributed by atoms with Crippen LogP contribution in [0.25, 0.3) is 22.2 Å². The maximum Gasteiger partial charge on any atom is 0.253 e. The number of nitrogens with zero attached hydrogens (tertiary/aromatic N) is 2. The Morgan fingerprint density at radius 3 is 2.70 bits per heavy atom. The summed E-state index contributed by atoms with van der Waals surface area (Å²) in [6.07, 6.45) is 1.12. The van der Waals surface area contributed by atoms with Crippen LogP contribution < -0.4 is 15.8 Å². The van der Waals surface area contributed by atoms with Gasteiger partial charge in [-0.05, 0) is 42.8 Å². The summed E-state index contributed by atoms with van der Waals surface area (Å²) >= 11 is 0. The smallest absolute Gasteiger partial charge is 0.253 e. The second kappa shape index (κ2) is 7.82. The molecule has 4 N–H and O–H groups in total. The Bertz CT molecular complexity index is 1220. The number of carbonyl (C=O) groups is 1. The highest BCUT2D eigenvalue weighted by atomic mass is 19.1. The first kappa shape index (κ1) is 19.4. The van der Waals surface area contributed by atoms with E-state index in [1.165, 1.54) is 12.1 Å². The molecule has 8 heteroatoms. The van der Waals surface area contributed by atoms with Crippen molar-refractivity contribution >= 4 is 22.8 Å². The molecule has 0 saturated carbocycles. The van der Waals surface area contributed by atoms with Crippen molar-refractivity contribution in [1.29, 1.82) is 0 Å². The van der Waals surface area contributed by atoms with Crippen molar-refractivity contribution in [2.24, 2.45) is 0 Å². The van der Waals surface area contributed by atoms with Crippen molar-refractivity contribution in [3.05, 3.63) is 71.9 Å². The quantitative estimate of drug-likeness (QED) is 0.468. The summed E-state index contributed by atoms with van der Waals surface area (Å²) in [5, 5.41) is 2.61. The van der Waals surface area contributed by atoms with E-state index in [2.05, 4.69) is 20.3 Å². The Morgan fingerprint density at radius 2 is 1.97 bits per heavy atom. The van der Waals surface area contributed by atoms with E-state index in [4.69, 9.17) is 10.5 Å². The number of imidazole rings is 1. The number of rotatable bonds is 5. The van der Waals surface area contributed by atoms with E-state index < -0.39 is 6.10 Å². The van der Waals surface area contributed by atoms with Gasteiger partial charge in [-0.25, -0.2) is 14.4 Å². The molecule has 1 atom stereocenters. The number of nitrogen functional groups attached to an aromatic ring is 1. The molecule has 0 radical (unpaired) electrons. The van der Waals surface area contributed by atoms with E-state index >= 15 is 0 Å². The number of pyridine rings is 1. The van der Waals surface area contributed by atoms with Gasteiger partial charge >= 0.3 is 0 Å². The molecule has 7 nitrogen and oxygen atoms in total. The van der Waals surface area contributed by atoms with Crippen molar-refractivity contribution in [3.63, 3.8) is 0 Å². The van der Waals surface area contributed by atoms with E-state index in [0.29, 0.717) is 22.7 Å². The van der Waals surface area contributed by atoms with Crippen LogP contribution in [-0.4, -0.2) is 27.9 Å². The average molecular weight is 405 g/mol. The van der Waals surface area contributed by atoms with E-state index in [1.807, 2.05) is 13.0 Å². The third-order valence-corrected chi connectivity index (χ3v) is 4.75. The minimum absolute atomic E-state index is 0.215. The van der Waals surface area contributed by atoms with E-state index in [1.54, 1.807) is 43.6 Å². The number of H-pyrrole nitrogens is 1. The SMILES string of the molecule is CNC(=O)c1cccc2[nH]c(C(C)Oc3cc(-c4ccc(F)cc4)cnc3N)nc12. The van der Waals surface area contributed by atoms with E-state index in [-0.39, 0.29) is 17.5 Å². The summed E-state index contributed by atoms with van der Waals surface area (Å²) in [5.74, 6) is 0.639. The number of anilines is 1. The topological polar surface area (TPSA) is 106 Å². The molecule has 4 rings (SSSR count). The van der Waals surface area contributed by atoms with Crippen LogP contribution in [0.2, 0.25) is 0 Å². The predicted octanol–water partition coefficient (Wildman–Crippen LogP) is 3.85. The van der Waals surface area contributed by atoms with Gasteiger partial charge < -0.3 is 20.8 Å². The highest BCUT2D eigenvalue weighted by molar-refractivity contribution is 6.04. The molecule has 152 valence electrons. The third kappa shape index (κ3) is 3.67. The van der Waals surface area contributed by atoms with Gasteiger partial charge in [0.05, 0.1) is 11.1 Å². The van der Waals surface area contributed by atoms with Crippen molar-refractivity contribution in [2.75, 3.05) is 12.8 Å². The van der Waals surface area contributed by atoms with Gasteiger partial charge in [0.2, 0.25) is 0 Å². The van der Waals surface area contributed by atoms with Crippen LogP contribution in [-0.2, 0) is 0 Å². The first-order valence-electron chi connectivity index (χ1n) is 9.35. The molecule has 0 saturated heterocycles. The van der Waals surface area contributed by atoms with Crippen LogP contribution in [0, 0.1) is 5.82 Å². The maximum absolute atomic E-state index is 13.2. The second-order valence-electron chi connectivity index (χ2n) is 6.78. The number of amides is 1. The molecule has 2 aromatic carbocycles. The normalized spacial score (nSPS) is 12.0. The summed E-state index contributed by atoms with van der Waals surface area (Å²) in [7, 11) is 1.57. The van der Waals surface area contributed by atoms with Crippen LogP contribution in [0.4, 0.5) is 10.2 Å². The molecule has 0 fully saturated rings. The van der Waals surface area contributed by atoms with E-state index in [0.717, 1.165) is 16.6 Å². The largest absolute Gasteiger partial charge is 0.479 e. The van der Waals surface area contributed by atoms with Gasteiger partial charge in [-0.2, -0.15) is 0 Å². The monoisotopic (exact) mass is 405 g/mol. The van der Waals surface area contributed by atoms with Gasteiger partial charge in [0.15, 0.2) is 17.7 Å². The lowest BCUT2D eigenvalue weighted by Gasteiger charge is -2.15. The van der Waals surface area contributed by atoms with Crippen LogP contribution in [0.15, 0.2) is 54.7 Å². The fourth-order valence-corrected chi connectivity index (χ4v) is 3.16. The zero-order valence-corrected chi connectivity index (χ0v) is 16.4. The number of para-hydroxylation sites is 1. The predicted molar refractivity (Wildman–Crippen MR) is 113 cm³/mol. The standard InChI is InChI=1S/C22H20FN5O2/c1-12(21-27-17-5-3-4-16(19(17)28-21)22(29)25-2)30-18-10-14(11-26-20(18)24)13-6-8-15(23)9-7-13/h3-12H,1-2H3,(H2,24,26)(H,25,29)(H,27,28). The summed E-state index contributed by atoms with van der Waals surface area (Å²) in [6, 6.07) is 13.2. The Balaban J connectivity index is 1.64. The number of nitrogens with two attached hydrogens (primary N) is 1. The van der Waals surface area contributed by atoms with Gasteiger partial charge in [0.25, 0.3) is 5.91 Å². The number of aromatic nitrogens is 3. The zero-order valence-electron chi connectivity index (χ0n) is 16.4. The summed E-state index contributed by atoms with van der Waals surface area (Å²) in [4.78, 5) is 24.0. The Kier molecular flexibility index (Phi) is 5.05. The molecule has 1 amide bonds. The van der Waals surface area contributed by atoms with Crippen LogP contribution in [0.1, 0.15) is 29.2 Å². The molecule has 2 heterocycles. The number of halogens is 1. The minimum atomic E-state index is -0.484. The van der Waals surface area contributed by atoms with E-state index in [9.17, 15) is 9.18 Å². The summed E-state index contributed by atoms with van der Waals surface area (Å²) < 4.78 is 19.2. The number of carbonyl (C=O) groups excluding carboxylic acids is 1. The molecule has 0 spiro atoms. The molecule has 0 aliphatic heterocycles. The molecule has 30 heavy (non-hydrogen) atoms. The maximum atomic E-state index is 13.2. The van der Waals surface area contributed by atoms with Gasteiger partial charge in [-0.1, -0.05) is 18.2 Å². The second-order valence-corrected chi connectivity index (χ2v) is 6.78. The van der Waals surface area contributed by atoms with Crippen molar-refractivity contribution in [1.82, 2.24) is 20.3 Å². The van der Waals surface area contributed by atoms with Crippen molar-refractivity contribution in [3.8, 4) is 16.9 Å². The number of hydrogen-bond acceptors (Lipinski definition) is 5. The third-order valence-electron chi connectivity index (χ3n) is 4.75. The Hall–Kier alpha value is -3.94. The first-order chi connectivity index (χ1) is 14.5. The van der Waals surface area contributed by atoms with Crippen LogP contribution in [0.3, 0.4) is 0 Å². The zero-order chi connectivity index (χ0) is 21.3. The first-order valence-corrected chi connectivity index (χ1v) is 9.35. The number of benzene rings is 2. The molecule has 2 aromatic heterocycles. The van der Waals surface area contributed by atoms with Crippen molar-refractivity contribution < 1.29 is 13.9 Å². The summed E-state index contributed by atoms with van der Waals surface area (Å²) in [5.41, 5.74) is 9.30. The highest BCUT2D eigenvalue weighted by Crippen LogP contribution is 2.31. The van der Waals surface area contributed by atoms with Crippen molar-refractivity contribution in [2.45, 2.75) is 13.0 Å². The lowest BCUT2D eigenvalue weighted by Crippen LogP contribution is -2.18. The lowest BCUT2D eigenvalue weighted by molar-refractivity contribution is 0.0964. The number of aromatic amines is 1. The fourth-order valence-electron chi connectivity index (χ4n) is 3.16. The molecular formula is C22H20FN5O2. The van der Waals surface area contributed by atoms with Gasteiger partial charge in [-0.3, -0.25) is 4.79 Å². The van der Waals surface area contributed by atoms with Crippen LogP contribution in [0.5, 0.6) is 5.75 Å².